The Labute approximate surface area is 101 Å². The van der Waals surface area contributed by atoms with E-state index in [0.717, 1.165) is 0 Å². The van der Waals surface area contributed by atoms with Crippen LogP contribution in [0.15, 0.2) is 12.3 Å². The van der Waals surface area contributed by atoms with E-state index in [0.29, 0.717) is 26.3 Å². The van der Waals surface area contributed by atoms with Crippen molar-refractivity contribution in [2.75, 3.05) is 31.2 Å². The zero-order valence-electron chi connectivity index (χ0n) is 8.80. The molecule has 0 aromatic carbocycles. The van der Waals surface area contributed by atoms with Gasteiger partial charge in [0.15, 0.2) is 0 Å². The highest BCUT2D eigenvalue weighted by molar-refractivity contribution is 6.30. The second-order valence-electron chi connectivity index (χ2n) is 3.59. The maximum absolute atomic E-state index is 12.9. The van der Waals surface area contributed by atoms with E-state index in [-0.39, 0.29) is 5.69 Å². The van der Waals surface area contributed by atoms with Crippen LogP contribution >= 0.6 is 11.6 Å². The fraction of sp³-hybridized carbons (Fsp3) is 0.500. The summed E-state index contributed by atoms with van der Waals surface area (Å²) in [5, 5.41) is -0.513. The Morgan fingerprint density at radius 1 is 1.29 bits per heavy atom. The number of hydrogen-bond acceptors (Lipinski definition) is 3. The number of hydrogen-bond donors (Lipinski definition) is 0. The Kier molecular flexibility index (Phi) is 3.44. The monoisotopic (exact) mass is 266 g/mol. The molecule has 0 amide bonds. The Morgan fingerprint density at radius 2 is 1.94 bits per heavy atom. The summed E-state index contributed by atoms with van der Waals surface area (Å²) in [5.41, 5.74) is -0.802. The van der Waals surface area contributed by atoms with E-state index in [9.17, 15) is 13.2 Å². The first-order valence-electron chi connectivity index (χ1n) is 5.04. The van der Waals surface area contributed by atoms with Gasteiger partial charge in [0.1, 0.15) is 10.7 Å². The fourth-order valence-corrected chi connectivity index (χ4v) is 2.02. The van der Waals surface area contributed by atoms with Gasteiger partial charge in [0.2, 0.25) is 0 Å². The summed E-state index contributed by atoms with van der Waals surface area (Å²) in [6.45, 7) is 1.67. The minimum absolute atomic E-state index is 0.0702. The SMILES string of the molecule is FC(F)(F)c1c(N2CCOCC2)ccnc1Cl. The van der Waals surface area contributed by atoms with E-state index >= 15 is 0 Å². The minimum Gasteiger partial charge on any atom is -0.378 e. The van der Waals surface area contributed by atoms with Crippen LogP contribution in [0.2, 0.25) is 5.15 Å². The predicted octanol–water partition coefficient (Wildman–Crippen LogP) is 2.59. The van der Waals surface area contributed by atoms with Crippen molar-refractivity contribution in [1.29, 1.82) is 0 Å². The molecule has 7 heteroatoms. The smallest absolute Gasteiger partial charge is 0.378 e. The Hall–Kier alpha value is -1.01. The van der Waals surface area contributed by atoms with Gasteiger partial charge in [-0.15, -0.1) is 0 Å². The zero-order valence-corrected chi connectivity index (χ0v) is 9.55. The maximum atomic E-state index is 12.9. The van der Waals surface area contributed by atoms with Gasteiger partial charge in [0.25, 0.3) is 0 Å². The highest BCUT2D eigenvalue weighted by Gasteiger charge is 2.38. The molecule has 17 heavy (non-hydrogen) atoms. The first-order valence-corrected chi connectivity index (χ1v) is 5.42. The van der Waals surface area contributed by atoms with E-state index in [1.807, 2.05) is 0 Å². The van der Waals surface area contributed by atoms with Crippen LogP contribution in [-0.4, -0.2) is 31.3 Å². The molecule has 0 spiro atoms. The summed E-state index contributed by atoms with van der Waals surface area (Å²) in [5.74, 6) is 0. The number of nitrogens with zero attached hydrogens (tertiary/aromatic N) is 2. The average Bonchev–Trinajstić information content (AvgIpc) is 2.28. The van der Waals surface area contributed by atoms with Crippen LogP contribution in [0.4, 0.5) is 18.9 Å². The molecule has 0 N–H and O–H groups in total. The molecular weight excluding hydrogens is 257 g/mol. The van der Waals surface area contributed by atoms with Crippen molar-refractivity contribution in [3.8, 4) is 0 Å². The number of ether oxygens (including phenoxy) is 1. The molecule has 3 nitrogen and oxygen atoms in total. The van der Waals surface area contributed by atoms with Gasteiger partial charge in [-0.05, 0) is 6.07 Å². The molecule has 1 aliphatic rings. The molecule has 1 aromatic rings. The van der Waals surface area contributed by atoms with Crippen LogP contribution in [0.5, 0.6) is 0 Å². The number of morpholine rings is 1. The summed E-state index contributed by atoms with van der Waals surface area (Å²) < 4.78 is 43.8. The minimum atomic E-state index is -4.50. The summed E-state index contributed by atoms with van der Waals surface area (Å²) in [6.07, 6.45) is -3.22. The standard InChI is InChI=1S/C10H10ClF3N2O/c11-9-8(10(12,13)14)7(1-2-15-9)16-3-5-17-6-4-16/h1-2H,3-6H2. The van der Waals surface area contributed by atoms with E-state index in [2.05, 4.69) is 4.98 Å². The fourth-order valence-electron chi connectivity index (χ4n) is 1.76. The highest BCUT2D eigenvalue weighted by atomic mass is 35.5. The van der Waals surface area contributed by atoms with Gasteiger partial charge in [-0.2, -0.15) is 13.2 Å². The molecular formula is C10H10ClF3N2O. The summed E-state index contributed by atoms with van der Waals surface area (Å²) in [4.78, 5) is 5.10. The van der Waals surface area contributed by atoms with E-state index in [1.54, 1.807) is 4.90 Å². The molecule has 2 rings (SSSR count). The number of halogens is 4. The number of alkyl halides is 3. The number of rotatable bonds is 1. The second-order valence-corrected chi connectivity index (χ2v) is 3.95. The van der Waals surface area contributed by atoms with Crippen molar-refractivity contribution < 1.29 is 17.9 Å². The van der Waals surface area contributed by atoms with Gasteiger partial charge in [-0.3, -0.25) is 0 Å². The zero-order chi connectivity index (χ0) is 12.5. The van der Waals surface area contributed by atoms with Gasteiger partial charge >= 0.3 is 6.18 Å². The van der Waals surface area contributed by atoms with Crippen LogP contribution in [-0.2, 0) is 10.9 Å². The van der Waals surface area contributed by atoms with E-state index in [4.69, 9.17) is 16.3 Å². The normalized spacial score (nSPS) is 17.3. The number of aromatic nitrogens is 1. The highest BCUT2D eigenvalue weighted by Crippen LogP contribution is 2.40. The molecule has 1 fully saturated rings. The number of pyridine rings is 1. The lowest BCUT2D eigenvalue weighted by Crippen LogP contribution is -2.37. The van der Waals surface area contributed by atoms with Gasteiger partial charge in [0, 0.05) is 19.3 Å². The Balaban J connectivity index is 2.42. The van der Waals surface area contributed by atoms with Crippen LogP contribution < -0.4 is 4.90 Å². The van der Waals surface area contributed by atoms with Crippen LogP contribution in [0.1, 0.15) is 5.56 Å². The molecule has 0 radical (unpaired) electrons. The molecule has 0 unspecified atom stereocenters. The lowest BCUT2D eigenvalue weighted by atomic mass is 10.2. The van der Waals surface area contributed by atoms with Crippen LogP contribution in [0, 0.1) is 0 Å². The van der Waals surface area contributed by atoms with Crippen molar-refractivity contribution in [3.05, 3.63) is 23.0 Å². The Bertz CT molecular complexity index is 405. The van der Waals surface area contributed by atoms with Crippen molar-refractivity contribution in [2.45, 2.75) is 6.18 Å². The summed E-state index contributed by atoms with van der Waals surface area (Å²) in [7, 11) is 0. The second kappa shape index (κ2) is 4.70. The maximum Gasteiger partial charge on any atom is 0.421 e. The van der Waals surface area contributed by atoms with E-state index < -0.39 is 16.9 Å². The topological polar surface area (TPSA) is 25.4 Å². The molecule has 1 saturated heterocycles. The largest absolute Gasteiger partial charge is 0.421 e. The first kappa shape index (κ1) is 12.4. The Morgan fingerprint density at radius 3 is 2.53 bits per heavy atom. The van der Waals surface area contributed by atoms with Gasteiger partial charge in [-0.1, -0.05) is 11.6 Å². The lowest BCUT2D eigenvalue weighted by Gasteiger charge is -2.31. The van der Waals surface area contributed by atoms with Crippen molar-refractivity contribution in [3.63, 3.8) is 0 Å². The average molecular weight is 267 g/mol. The molecule has 0 aliphatic carbocycles. The third-order valence-corrected chi connectivity index (χ3v) is 2.80. The van der Waals surface area contributed by atoms with E-state index in [1.165, 1.54) is 12.3 Å². The predicted molar refractivity (Wildman–Crippen MR) is 57.3 cm³/mol. The van der Waals surface area contributed by atoms with Crippen LogP contribution in [0.3, 0.4) is 0 Å². The van der Waals surface area contributed by atoms with Crippen LogP contribution in [0.25, 0.3) is 0 Å². The molecule has 1 aliphatic heterocycles. The lowest BCUT2D eigenvalue weighted by molar-refractivity contribution is -0.137. The van der Waals surface area contributed by atoms with Gasteiger partial charge in [-0.25, -0.2) is 4.98 Å². The van der Waals surface area contributed by atoms with Crippen molar-refractivity contribution in [2.24, 2.45) is 0 Å². The third kappa shape index (κ3) is 2.63. The quantitative estimate of drug-likeness (QED) is 0.731. The third-order valence-electron chi connectivity index (χ3n) is 2.52. The van der Waals surface area contributed by atoms with Gasteiger partial charge < -0.3 is 9.64 Å². The molecule has 2 heterocycles. The summed E-state index contributed by atoms with van der Waals surface area (Å²) >= 11 is 5.54. The number of anilines is 1. The van der Waals surface area contributed by atoms with Crippen molar-refractivity contribution >= 4 is 17.3 Å². The molecule has 1 aromatic heterocycles. The van der Waals surface area contributed by atoms with Crippen molar-refractivity contribution in [1.82, 2.24) is 4.98 Å². The molecule has 0 atom stereocenters. The summed E-state index contributed by atoms with van der Waals surface area (Å²) in [6, 6.07) is 1.33. The molecule has 0 saturated carbocycles. The molecule has 94 valence electrons. The van der Waals surface area contributed by atoms with Gasteiger partial charge in [0.05, 0.1) is 18.9 Å². The molecule has 0 bridgehead atoms. The first-order chi connectivity index (χ1) is 8.00.